The van der Waals surface area contributed by atoms with Gasteiger partial charge < -0.3 is 24.5 Å². The molecule has 9 nitrogen and oxygen atoms in total. The number of benzene rings is 3. The van der Waals surface area contributed by atoms with Crippen LogP contribution >= 0.6 is 0 Å². The fraction of sp³-hybridized carbons (Fsp3) is 0.475. The molecular weight excluding hydrogens is 607 g/mol. The van der Waals surface area contributed by atoms with E-state index in [0.29, 0.717) is 5.96 Å². The predicted octanol–water partition coefficient (Wildman–Crippen LogP) is 6.96. The molecule has 7 rings (SSSR count). The second-order valence-electron chi connectivity index (χ2n) is 14.1. The molecule has 2 saturated heterocycles. The van der Waals surface area contributed by atoms with Crippen LogP contribution in [0.3, 0.4) is 0 Å². The van der Waals surface area contributed by atoms with Crippen LogP contribution in [-0.2, 0) is 5.54 Å². The van der Waals surface area contributed by atoms with E-state index in [2.05, 4.69) is 138 Å². The quantitative estimate of drug-likeness (QED) is 0.274. The molecule has 0 spiro atoms. The van der Waals surface area contributed by atoms with E-state index in [1.54, 1.807) is 0 Å². The van der Waals surface area contributed by atoms with E-state index in [4.69, 9.17) is 15.0 Å². The molecule has 0 N–H and O–H groups in total. The minimum atomic E-state index is -0.767. The summed E-state index contributed by atoms with van der Waals surface area (Å²) in [5.41, 5.74) is 7.19. The van der Waals surface area contributed by atoms with Crippen molar-refractivity contribution in [2.45, 2.75) is 57.9 Å². The normalized spacial score (nSPS) is 18.6. The maximum atomic E-state index is 5.54. The number of hydrogen-bond acceptors (Lipinski definition) is 9. The number of nitrogens with zero attached hydrogens (tertiary/aromatic N) is 9. The van der Waals surface area contributed by atoms with Crippen LogP contribution in [0, 0.1) is 0 Å². The zero-order valence-electron chi connectivity index (χ0n) is 30.4. The second kappa shape index (κ2) is 13.8. The molecule has 0 bridgehead atoms. The van der Waals surface area contributed by atoms with Crippen LogP contribution in [0.25, 0.3) is 0 Å². The summed E-state index contributed by atoms with van der Waals surface area (Å²) >= 11 is 0. The highest BCUT2D eigenvalue weighted by molar-refractivity contribution is 6.14. The Bertz CT molecular complexity index is 1650. The van der Waals surface area contributed by atoms with Crippen molar-refractivity contribution in [3.8, 4) is 0 Å². The first-order valence-electron chi connectivity index (χ1n) is 18.4. The zero-order chi connectivity index (χ0) is 34.1. The first-order chi connectivity index (χ1) is 23.8. The third kappa shape index (κ3) is 5.91. The van der Waals surface area contributed by atoms with Gasteiger partial charge in [0.2, 0.25) is 17.9 Å². The molecule has 0 saturated carbocycles. The molecular formula is C40H53N9. The van der Waals surface area contributed by atoms with Gasteiger partial charge in [-0.2, -0.15) is 9.98 Å². The fourth-order valence-corrected chi connectivity index (χ4v) is 7.98. The summed E-state index contributed by atoms with van der Waals surface area (Å²) in [7, 11) is 8.40. The molecule has 4 aliphatic rings. The number of anilines is 3. The summed E-state index contributed by atoms with van der Waals surface area (Å²) in [6.45, 7) is 10.2. The van der Waals surface area contributed by atoms with E-state index >= 15 is 0 Å². The Morgan fingerprint density at radius 3 is 1.59 bits per heavy atom. The number of guanidine groups is 3. The number of piperidine rings is 2. The van der Waals surface area contributed by atoms with Crippen molar-refractivity contribution in [2.75, 3.05) is 82.2 Å². The SMILES string of the molecule is CCN(CC)c1ccc2c(c1)N=C1N=C(N3CCCCC3)N=C(N3CCCCC3)N1C2(c1ccc(N(C)C)cc1)c1ccc(N(C)C)cc1. The van der Waals surface area contributed by atoms with Gasteiger partial charge in [-0.05, 0) is 99.9 Å². The maximum Gasteiger partial charge on any atom is 0.237 e. The lowest BCUT2D eigenvalue weighted by Crippen LogP contribution is -2.62. The molecule has 0 atom stereocenters. The Labute approximate surface area is 293 Å². The van der Waals surface area contributed by atoms with E-state index in [1.165, 1.54) is 42.5 Å². The molecule has 0 aliphatic carbocycles. The highest BCUT2D eigenvalue weighted by atomic mass is 15.5. The van der Waals surface area contributed by atoms with E-state index in [1.807, 2.05) is 0 Å². The summed E-state index contributed by atoms with van der Waals surface area (Å²) in [5.74, 6) is 2.48. The van der Waals surface area contributed by atoms with Crippen LogP contribution in [0.15, 0.2) is 81.7 Å². The lowest BCUT2D eigenvalue weighted by molar-refractivity contribution is 0.267. The number of likely N-dealkylation sites (tertiary alicyclic amines) is 2. The van der Waals surface area contributed by atoms with Crippen LogP contribution in [0.2, 0.25) is 0 Å². The third-order valence-corrected chi connectivity index (χ3v) is 10.7. The van der Waals surface area contributed by atoms with E-state index in [0.717, 1.165) is 86.7 Å². The minimum absolute atomic E-state index is 0.716. The number of hydrogen-bond donors (Lipinski definition) is 0. The van der Waals surface area contributed by atoms with Gasteiger partial charge in [0.25, 0.3) is 0 Å². The average molecular weight is 660 g/mol. The molecule has 4 heterocycles. The van der Waals surface area contributed by atoms with Gasteiger partial charge >= 0.3 is 0 Å². The Balaban J connectivity index is 1.54. The van der Waals surface area contributed by atoms with Crippen LogP contribution in [0.1, 0.15) is 69.1 Å². The van der Waals surface area contributed by atoms with Crippen molar-refractivity contribution in [1.82, 2.24) is 14.7 Å². The van der Waals surface area contributed by atoms with Gasteiger partial charge in [0.1, 0.15) is 5.54 Å². The van der Waals surface area contributed by atoms with Crippen molar-refractivity contribution < 1.29 is 0 Å². The topological polar surface area (TPSA) is 56.5 Å². The van der Waals surface area contributed by atoms with Gasteiger partial charge in [0.05, 0.1) is 5.69 Å². The van der Waals surface area contributed by atoms with Crippen molar-refractivity contribution in [3.63, 3.8) is 0 Å². The van der Waals surface area contributed by atoms with Gasteiger partial charge in [0, 0.05) is 90.1 Å². The number of aliphatic imine (C=N–C) groups is 3. The largest absolute Gasteiger partial charge is 0.378 e. The van der Waals surface area contributed by atoms with Crippen LogP contribution in [0.4, 0.5) is 22.7 Å². The standard InChI is InChI=1S/C40H53N9/c1-7-46(8-2)34-23-24-35-36(29-34)41-38-42-37(47-25-11-9-12-26-47)43-39(48-27-13-10-14-28-48)49(38)40(35,30-15-19-32(20-16-30)44(3)4)31-17-21-33(22-18-31)45(5)6/h15-24,29H,7-14,25-28H2,1-6H3. The highest BCUT2D eigenvalue weighted by Gasteiger charge is 2.52. The summed E-state index contributed by atoms with van der Waals surface area (Å²) in [6.07, 6.45) is 7.15. The number of rotatable bonds is 7. The van der Waals surface area contributed by atoms with Gasteiger partial charge in [-0.15, -0.1) is 0 Å². The van der Waals surface area contributed by atoms with Crippen LogP contribution in [-0.4, -0.2) is 100 Å². The molecule has 3 aromatic rings. The molecule has 258 valence electrons. The summed E-state index contributed by atoms with van der Waals surface area (Å²) in [5, 5.41) is 0. The summed E-state index contributed by atoms with van der Waals surface area (Å²) < 4.78 is 0. The number of fused-ring (bicyclic) bond motifs is 2. The summed E-state index contributed by atoms with van der Waals surface area (Å²) in [4.78, 5) is 30.4. The Hall–Kier alpha value is -4.53. The Morgan fingerprint density at radius 1 is 0.571 bits per heavy atom. The molecule has 0 unspecified atom stereocenters. The van der Waals surface area contributed by atoms with Crippen molar-refractivity contribution >= 4 is 40.6 Å². The molecule has 0 amide bonds. The molecule has 4 aliphatic heterocycles. The van der Waals surface area contributed by atoms with Crippen molar-refractivity contribution in [1.29, 1.82) is 0 Å². The minimum Gasteiger partial charge on any atom is -0.378 e. The average Bonchev–Trinajstić information content (AvgIpc) is 3.14. The molecule has 49 heavy (non-hydrogen) atoms. The maximum absolute atomic E-state index is 5.54. The molecule has 0 radical (unpaired) electrons. The van der Waals surface area contributed by atoms with E-state index < -0.39 is 5.54 Å². The highest BCUT2D eigenvalue weighted by Crippen LogP contribution is 2.51. The zero-order valence-corrected chi connectivity index (χ0v) is 30.4. The first kappa shape index (κ1) is 33.0. The summed E-state index contributed by atoms with van der Waals surface area (Å²) in [6, 6.07) is 25.1. The molecule has 9 heteroatoms. The predicted molar refractivity (Wildman–Crippen MR) is 206 cm³/mol. The third-order valence-electron chi connectivity index (χ3n) is 10.7. The Morgan fingerprint density at radius 2 is 1.08 bits per heavy atom. The van der Waals surface area contributed by atoms with Gasteiger partial charge in [-0.25, -0.2) is 4.99 Å². The molecule has 2 fully saturated rings. The molecule has 0 aromatic heterocycles. The monoisotopic (exact) mass is 659 g/mol. The van der Waals surface area contributed by atoms with E-state index in [9.17, 15) is 0 Å². The van der Waals surface area contributed by atoms with Crippen LogP contribution < -0.4 is 14.7 Å². The first-order valence-corrected chi connectivity index (χ1v) is 18.4. The molecule has 3 aromatic carbocycles. The Kier molecular flexibility index (Phi) is 9.27. The van der Waals surface area contributed by atoms with E-state index in [-0.39, 0.29) is 0 Å². The lowest BCUT2D eigenvalue weighted by atomic mass is 9.73. The second-order valence-corrected chi connectivity index (χ2v) is 14.1. The van der Waals surface area contributed by atoms with Crippen molar-refractivity contribution in [3.05, 3.63) is 83.4 Å². The van der Waals surface area contributed by atoms with Crippen LogP contribution in [0.5, 0.6) is 0 Å². The van der Waals surface area contributed by atoms with Crippen molar-refractivity contribution in [2.24, 2.45) is 15.0 Å². The lowest BCUT2D eigenvalue weighted by Gasteiger charge is -2.51. The van der Waals surface area contributed by atoms with Gasteiger partial charge in [-0.1, -0.05) is 30.3 Å². The fourth-order valence-electron chi connectivity index (χ4n) is 7.98. The van der Waals surface area contributed by atoms with Gasteiger partial charge in [0.15, 0.2) is 0 Å². The van der Waals surface area contributed by atoms with Gasteiger partial charge in [-0.3, -0.25) is 4.90 Å². The smallest absolute Gasteiger partial charge is 0.237 e.